The molecule has 6 heteroatoms. The second-order valence-corrected chi connectivity index (χ2v) is 7.85. The first-order valence-corrected chi connectivity index (χ1v) is 8.88. The number of aliphatic carboxylic acids is 1. The zero-order chi connectivity index (χ0) is 18.5. The lowest BCUT2D eigenvalue weighted by molar-refractivity contribution is -0.149. The summed E-state index contributed by atoms with van der Waals surface area (Å²) in [7, 11) is 0. The Balaban J connectivity index is 2.68. The van der Waals surface area contributed by atoms with E-state index in [1.165, 1.54) is 0 Å². The Hall–Kier alpha value is -1.59. The molecule has 0 bridgehead atoms. The van der Waals surface area contributed by atoms with E-state index >= 15 is 0 Å². The van der Waals surface area contributed by atoms with Crippen LogP contribution in [0.3, 0.4) is 0 Å². The first-order valence-electron chi connectivity index (χ1n) is 8.88. The lowest BCUT2D eigenvalue weighted by atomic mass is 9.82. The lowest BCUT2D eigenvalue weighted by Gasteiger charge is -2.36. The minimum Gasteiger partial charge on any atom is -0.481 e. The molecule has 1 aliphatic heterocycles. The van der Waals surface area contributed by atoms with E-state index in [1.807, 2.05) is 34.6 Å². The first kappa shape index (κ1) is 20.5. The summed E-state index contributed by atoms with van der Waals surface area (Å²) in [5.41, 5.74) is -1.37. The minimum atomic E-state index is -0.911. The molecule has 2 amide bonds. The SMILES string of the molecule is CCC(CC)(CNC(=O)C1CCCN(C(=O)C(C)(C)C)C1)C(=O)O. The highest BCUT2D eigenvalue weighted by Gasteiger charge is 2.37. The summed E-state index contributed by atoms with van der Waals surface area (Å²) in [5, 5.41) is 12.3. The van der Waals surface area contributed by atoms with Gasteiger partial charge in [-0.05, 0) is 25.7 Å². The van der Waals surface area contributed by atoms with Crippen LogP contribution in [0.2, 0.25) is 0 Å². The fourth-order valence-corrected chi connectivity index (χ4v) is 3.13. The van der Waals surface area contributed by atoms with Gasteiger partial charge in [0.05, 0.1) is 11.3 Å². The summed E-state index contributed by atoms with van der Waals surface area (Å²) in [5.74, 6) is -1.22. The zero-order valence-corrected chi connectivity index (χ0v) is 15.6. The van der Waals surface area contributed by atoms with Crippen LogP contribution < -0.4 is 5.32 Å². The summed E-state index contributed by atoms with van der Waals surface area (Å²) < 4.78 is 0. The van der Waals surface area contributed by atoms with Crippen LogP contribution in [0.5, 0.6) is 0 Å². The molecule has 0 aliphatic carbocycles. The quantitative estimate of drug-likeness (QED) is 0.776. The van der Waals surface area contributed by atoms with Gasteiger partial charge in [0, 0.05) is 25.0 Å². The number of likely N-dealkylation sites (tertiary alicyclic amines) is 1. The first-order chi connectivity index (χ1) is 11.1. The lowest BCUT2D eigenvalue weighted by Crippen LogP contribution is -2.50. The molecule has 1 saturated heterocycles. The average molecular weight is 340 g/mol. The molecule has 1 unspecified atom stereocenters. The van der Waals surface area contributed by atoms with E-state index in [0.717, 1.165) is 12.8 Å². The van der Waals surface area contributed by atoms with Gasteiger partial charge in [0.25, 0.3) is 0 Å². The van der Waals surface area contributed by atoms with Crippen LogP contribution in [-0.2, 0) is 14.4 Å². The van der Waals surface area contributed by atoms with Crippen molar-refractivity contribution >= 4 is 17.8 Å². The monoisotopic (exact) mass is 340 g/mol. The molecular formula is C18H32N2O4. The van der Waals surface area contributed by atoms with Crippen molar-refractivity contribution in [2.75, 3.05) is 19.6 Å². The van der Waals surface area contributed by atoms with E-state index in [4.69, 9.17) is 0 Å². The Kier molecular flexibility index (Phi) is 6.81. The normalized spacial score (nSPS) is 19.0. The smallest absolute Gasteiger partial charge is 0.311 e. The summed E-state index contributed by atoms with van der Waals surface area (Å²) in [6, 6.07) is 0. The van der Waals surface area contributed by atoms with Crippen molar-refractivity contribution in [3.63, 3.8) is 0 Å². The minimum absolute atomic E-state index is 0.0574. The van der Waals surface area contributed by atoms with Gasteiger partial charge in [-0.2, -0.15) is 0 Å². The fourth-order valence-electron chi connectivity index (χ4n) is 3.13. The van der Waals surface area contributed by atoms with Crippen molar-refractivity contribution in [2.45, 2.75) is 60.3 Å². The van der Waals surface area contributed by atoms with E-state index < -0.39 is 16.8 Å². The average Bonchev–Trinajstić information content (AvgIpc) is 2.54. The van der Waals surface area contributed by atoms with Gasteiger partial charge in [0.15, 0.2) is 0 Å². The molecule has 138 valence electrons. The number of hydrogen-bond acceptors (Lipinski definition) is 3. The largest absolute Gasteiger partial charge is 0.481 e. The van der Waals surface area contributed by atoms with Gasteiger partial charge in [0.2, 0.25) is 11.8 Å². The van der Waals surface area contributed by atoms with Gasteiger partial charge in [0.1, 0.15) is 0 Å². The highest BCUT2D eigenvalue weighted by molar-refractivity contribution is 5.84. The van der Waals surface area contributed by atoms with Crippen LogP contribution >= 0.6 is 0 Å². The molecule has 1 atom stereocenters. The maximum atomic E-state index is 12.5. The Morgan fingerprint density at radius 3 is 2.21 bits per heavy atom. The molecule has 0 aromatic heterocycles. The van der Waals surface area contributed by atoms with Crippen LogP contribution in [0.4, 0.5) is 0 Å². The predicted molar refractivity (Wildman–Crippen MR) is 92.4 cm³/mol. The Bertz CT molecular complexity index is 478. The molecule has 1 aliphatic rings. The standard InChI is InChI=1S/C18H32N2O4/c1-6-18(7-2,16(23)24)12-19-14(21)13-9-8-10-20(11-13)15(22)17(3,4)5/h13H,6-12H2,1-5H3,(H,19,21)(H,23,24). The summed E-state index contributed by atoms with van der Waals surface area (Å²) in [6.07, 6.45) is 2.47. The summed E-state index contributed by atoms with van der Waals surface area (Å²) in [6.45, 7) is 10.5. The molecule has 0 radical (unpaired) electrons. The van der Waals surface area contributed by atoms with E-state index in [2.05, 4.69) is 5.32 Å². The molecule has 24 heavy (non-hydrogen) atoms. The van der Waals surface area contributed by atoms with E-state index in [1.54, 1.807) is 4.90 Å². The maximum Gasteiger partial charge on any atom is 0.311 e. The predicted octanol–water partition coefficient (Wildman–Crippen LogP) is 2.28. The molecule has 0 aromatic carbocycles. The van der Waals surface area contributed by atoms with Crippen LogP contribution in [0.1, 0.15) is 60.3 Å². The van der Waals surface area contributed by atoms with Crippen molar-refractivity contribution < 1.29 is 19.5 Å². The molecule has 0 aromatic rings. The highest BCUT2D eigenvalue weighted by atomic mass is 16.4. The molecule has 1 rings (SSSR count). The van der Waals surface area contributed by atoms with E-state index in [0.29, 0.717) is 25.9 Å². The number of carbonyl (C=O) groups is 3. The van der Waals surface area contributed by atoms with Crippen LogP contribution in [0.15, 0.2) is 0 Å². The topological polar surface area (TPSA) is 86.7 Å². The maximum absolute atomic E-state index is 12.5. The van der Waals surface area contributed by atoms with E-state index in [-0.39, 0.29) is 24.3 Å². The molecule has 1 heterocycles. The Labute approximate surface area is 145 Å². The molecule has 0 saturated carbocycles. The number of rotatable bonds is 6. The van der Waals surface area contributed by atoms with Gasteiger partial charge in [-0.15, -0.1) is 0 Å². The number of carboxylic acids is 1. The van der Waals surface area contributed by atoms with Gasteiger partial charge >= 0.3 is 5.97 Å². The number of carboxylic acid groups (broad SMARTS) is 1. The van der Waals surface area contributed by atoms with Crippen molar-refractivity contribution in [1.82, 2.24) is 10.2 Å². The summed E-state index contributed by atoms with van der Waals surface area (Å²) in [4.78, 5) is 38.2. The third kappa shape index (κ3) is 4.71. The Morgan fingerprint density at radius 1 is 1.17 bits per heavy atom. The van der Waals surface area contributed by atoms with Crippen LogP contribution in [0, 0.1) is 16.7 Å². The van der Waals surface area contributed by atoms with E-state index in [9.17, 15) is 19.5 Å². The highest BCUT2D eigenvalue weighted by Crippen LogP contribution is 2.27. The van der Waals surface area contributed by atoms with Gasteiger partial charge in [-0.25, -0.2) is 0 Å². The molecule has 2 N–H and O–H groups in total. The molecule has 6 nitrogen and oxygen atoms in total. The van der Waals surface area contributed by atoms with Crippen molar-refractivity contribution in [3.8, 4) is 0 Å². The molecular weight excluding hydrogens is 308 g/mol. The third-order valence-electron chi connectivity index (χ3n) is 5.13. The van der Waals surface area contributed by atoms with Crippen molar-refractivity contribution in [1.29, 1.82) is 0 Å². The Morgan fingerprint density at radius 2 is 1.75 bits per heavy atom. The summed E-state index contributed by atoms with van der Waals surface area (Å²) >= 11 is 0. The second kappa shape index (κ2) is 7.99. The van der Waals surface area contributed by atoms with Crippen molar-refractivity contribution in [2.24, 2.45) is 16.7 Å². The van der Waals surface area contributed by atoms with Crippen LogP contribution in [-0.4, -0.2) is 47.4 Å². The van der Waals surface area contributed by atoms with Crippen LogP contribution in [0.25, 0.3) is 0 Å². The number of amides is 2. The molecule has 0 spiro atoms. The third-order valence-corrected chi connectivity index (χ3v) is 5.13. The number of piperidine rings is 1. The molecule has 1 fully saturated rings. The second-order valence-electron chi connectivity index (χ2n) is 7.85. The van der Waals surface area contributed by atoms with Gasteiger partial charge in [-0.1, -0.05) is 34.6 Å². The number of nitrogens with zero attached hydrogens (tertiary/aromatic N) is 1. The number of hydrogen-bond donors (Lipinski definition) is 2. The number of nitrogens with one attached hydrogen (secondary N) is 1. The van der Waals surface area contributed by atoms with Gasteiger partial charge < -0.3 is 15.3 Å². The zero-order valence-electron chi connectivity index (χ0n) is 15.6. The fraction of sp³-hybridized carbons (Fsp3) is 0.833. The van der Waals surface area contributed by atoms with Gasteiger partial charge in [-0.3, -0.25) is 14.4 Å². The number of carbonyl (C=O) groups excluding carboxylic acids is 2. The van der Waals surface area contributed by atoms with Crippen molar-refractivity contribution in [3.05, 3.63) is 0 Å².